The highest BCUT2D eigenvalue weighted by Crippen LogP contribution is 2.28. The smallest absolute Gasteiger partial charge is 0.205 e. The van der Waals surface area contributed by atoms with Crippen LogP contribution in [0.2, 0.25) is 0 Å². The number of halogens is 2. The van der Waals surface area contributed by atoms with E-state index in [-0.39, 0.29) is 5.56 Å². The van der Waals surface area contributed by atoms with E-state index in [4.69, 9.17) is 0 Å². The van der Waals surface area contributed by atoms with E-state index < -0.39 is 11.6 Å². The molecule has 0 amide bonds. The summed E-state index contributed by atoms with van der Waals surface area (Å²) in [6.07, 6.45) is 0.853. The highest BCUT2D eigenvalue weighted by Gasteiger charge is 2.21. The Bertz CT molecular complexity index is 898. The molecule has 0 atom stereocenters. The molecule has 1 aliphatic rings. The van der Waals surface area contributed by atoms with Crippen LogP contribution < -0.4 is 4.90 Å². The van der Waals surface area contributed by atoms with Gasteiger partial charge in [-0.1, -0.05) is 13.0 Å². The van der Waals surface area contributed by atoms with Crippen molar-refractivity contribution in [1.29, 1.82) is 0 Å². The number of nitrogens with zero attached hydrogens (tertiary/aromatic N) is 5. The minimum Gasteiger partial charge on any atom is -0.344 e. The van der Waals surface area contributed by atoms with Crippen LogP contribution in [0.4, 0.5) is 13.9 Å². The number of piperazine rings is 1. The molecule has 4 rings (SSSR count). The molecule has 0 saturated carbocycles. The second-order valence-corrected chi connectivity index (χ2v) is 8.01. The maximum absolute atomic E-state index is 13.9. The molecule has 27 heavy (non-hydrogen) atoms. The van der Waals surface area contributed by atoms with Crippen molar-refractivity contribution in [2.24, 2.45) is 0 Å². The Labute approximate surface area is 164 Å². The molecule has 0 unspecified atom stereocenters. The molecule has 142 valence electrons. The van der Waals surface area contributed by atoms with Crippen LogP contribution >= 0.6 is 22.9 Å². The second-order valence-electron chi connectivity index (χ2n) is 6.33. The molecule has 5 nitrogen and oxygen atoms in total. The second kappa shape index (κ2) is 7.95. The first-order chi connectivity index (χ1) is 13.1. The number of rotatable bonds is 5. The van der Waals surface area contributed by atoms with Gasteiger partial charge in [0.15, 0.2) is 0 Å². The first-order valence-corrected chi connectivity index (χ1v) is 10.5. The van der Waals surface area contributed by atoms with Crippen LogP contribution in [0.5, 0.6) is 0 Å². The first kappa shape index (κ1) is 18.4. The van der Waals surface area contributed by atoms with E-state index in [0.717, 1.165) is 48.6 Å². The number of aryl methyl sites for hydroxylation is 1. The molecular weight excluding hydrogens is 388 g/mol. The molecule has 9 heteroatoms. The van der Waals surface area contributed by atoms with Crippen LogP contribution in [0.15, 0.2) is 23.6 Å². The fourth-order valence-corrected chi connectivity index (χ4v) is 4.67. The Morgan fingerprint density at radius 1 is 1.07 bits per heavy atom. The number of benzene rings is 1. The lowest BCUT2D eigenvalue weighted by atomic mass is 10.1. The lowest BCUT2D eigenvalue weighted by molar-refractivity contribution is 0.249. The molecule has 1 saturated heterocycles. The molecule has 2 aromatic heterocycles. The maximum atomic E-state index is 13.9. The molecule has 1 aromatic carbocycles. The van der Waals surface area contributed by atoms with E-state index in [9.17, 15) is 8.78 Å². The maximum Gasteiger partial charge on any atom is 0.205 e. The minimum atomic E-state index is -0.580. The summed E-state index contributed by atoms with van der Waals surface area (Å²) in [4.78, 5) is 13.6. The fourth-order valence-electron chi connectivity index (χ4n) is 3.05. The third kappa shape index (κ3) is 3.99. The predicted octanol–water partition coefficient (Wildman–Crippen LogP) is 3.82. The molecule has 0 spiro atoms. The van der Waals surface area contributed by atoms with Gasteiger partial charge in [0, 0.05) is 49.5 Å². The molecule has 0 bridgehead atoms. The Kier molecular flexibility index (Phi) is 5.42. The van der Waals surface area contributed by atoms with Crippen LogP contribution in [0.25, 0.3) is 11.3 Å². The summed E-state index contributed by atoms with van der Waals surface area (Å²) in [5.74, 6) is -0.263. The normalized spacial score (nSPS) is 15.4. The molecule has 1 fully saturated rings. The van der Waals surface area contributed by atoms with Crippen molar-refractivity contribution >= 4 is 28.0 Å². The number of aromatic nitrogens is 3. The van der Waals surface area contributed by atoms with Gasteiger partial charge >= 0.3 is 0 Å². The number of anilines is 1. The Morgan fingerprint density at radius 3 is 2.48 bits per heavy atom. The zero-order valence-electron chi connectivity index (χ0n) is 14.9. The Hall–Kier alpha value is -1.97. The van der Waals surface area contributed by atoms with Gasteiger partial charge in [-0.15, -0.1) is 11.3 Å². The van der Waals surface area contributed by atoms with E-state index in [0.29, 0.717) is 12.2 Å². The lowest BCUT2D eigenvalue weighted by Gasteiger charge is -2.33. The van der Waals surface area contributed by atoms with Gasteiger partial charge in [-0.2, -0.15) is 4.37 Å². The Balaban J connectivity index is 1.38. The third-order valence-corrected chi connectivity index (χ3v) is 6.19. The van der Waals surface area contributed by atoms with Crippen molar-refractivity contribution in [3.05, 3.63) is 46.0 Å². The van der Waals surface area contributed by atoms with Crippen molar-refractivity contribution in [1.82, 2.24) is 19.2 Å². The van der Waals surface area contributed by atoms with Gasteiger partial charge in [0.2, 0.25) is 5.13 Å². The average molecular weight is 408 g/mol. The lowest BCUT2D eigenvalue weighted by Crippen LogP contribution is -2.45. The van der Waals surface area contributed by atoms with Gasteiger partial charge in [-0.3, -0.25) is 4.90 Å². The quantitative estimate of drug-likeness (QED) is 0.643. The van der Waals surface area contributed by atoms with Gasteiger partial charge in [0.05, 0.1) is 17.8 Å². The summed E-state index contributed by atoms with van der Waals surface area (Å²) in [7, 11) is 0. The van der Waals surface area contributed by atoms with Crippen molar-refractivity contribution in [2.75, 3.05) is 31.1 Å². The zero-order valence-corrected chi connectivity index (χ0v) is 16.5. The summed E-state index contributed by atoms with van der Waals surface area (Å²) in [6, 6.07) is 3.88. The number of hydrogen-bond acceptors (Lipinski definition) is 7. The van der Waals surface area contributed by atoms with Crippen LogP contribution in [0, 0.1) is 11.6 Å². The Morgan fingerprint density at radius 2 is 1.81 bits per heavy atom. The van der Waals surface area contributed by atoms with E-state index in [1.807, 2.05) is 0 Å². The highest BCUT2D eigenvalue weighted by molar-refractivity contribution is 7.10. The molecule has 0 radical (unpaired) electrons. The first-order valence-electron chi connectivity index (χ1n) is 8.82. The number of thiazole rings is 1. The van der Waals surface area contributed by atoms with Crippen LogP contribution in [0.1, 0.15) is 17.8 Å². The van der Waals surface area contributed by atoms with Crippen LogP contribution in [0.3, 0.4) is 0 Å². The molecule has 0 N–H and O–H groups in total. The van der Waals surface area contributed by atoms with Crippen molar-refractivity contribution in [3.8, 4) is 11.3 Å². The fraction of sp³-hybridized carbons (Fsp3) is 0.389. The molecular formula is C18H19F2N5S2. The summed E-state index contributed by atoms with van der Waals surface area (Å²) in [5, 5.41) is 3.57. The highest BCUT2D eigenvalue weighted by atomic mass is 32.1. The van der Waals surface area contributed by atoms with Crippen LogP contribution in [-0.2, 0) is 13.0 Å². The monoisotopic (exact) mass is 407 g/mol. The van der Waals surface area contributed by atoms with E-state index in [2.05, 4.69) is 31.1 Å². The van der Waals surface area contributed by atoms with Crippen molar-refractivity contribution in [2.45, 2.75) is 19.9 Å². The molecule has 0 aliphatic carbocycles. The van der Waals surface area contributed by atoms with Gasteiger partial charge in [0.1, 0.15) is 22.5 Å². The summed E-state index contributed by atoms with van der Waals surface area (Å²) < 4.78 is 32.2. The third-order valence-electron chi connectivity index (χ3n) is 4.55. The predicted molar refractivity (Wildman–Crippen MR) is 104 cm³/mol. The van der Waals surface area contributed by atoms with Gasteiger partial charge in [-0.05, 0) is 12.1 Å². The zero-order chi connectivity index (χ0) is 18.8. The van der Waals surface area contributed by atoms with E-state index in [1.54, 1.807) is 5.38 Å². The van der Waals surface area contributed by atoms with E-state index in [1.165, 1.54) is 41.1 Å². The number of hydrogen-bond donors (Lipinski definition) is 0. The average Bonchev–Trinajstić information content (AvgIpc) is 3.32. The molecule has 1 aliphatic heterocycles. The minimum absolute atomic E-state index is 0.0483. The summed E-state index contributed by atoms with van der Waals surface area (Å²) in [5.41, 5.74) is 0.318. The summed E-state index contributed by atoms with van der Waals surface area (Å²) in [6.45, 7) is 6.30. The van der Waals surface area contributed by atoms with Gasteiger partial charge in [-0.25, -0.2) is 18.7 Å². The van der Waals surface area contributed by atoms with Gasteiger partial charge in [0.25, 0.3) is 0 Å². The topological polar surface area (TPSA) is 45.2 Å². The van der Waals surface area contributed by atoms with Gasteiger partial charge < -0.3 is 4.90 Å². The van der Waals surface area contributed by atoms with Crippen molar-refractivity contribution in [3.63, 3.8) is 0 Å². The molecule has 3 aromatic rings. The van der Waals surface area contributed by atoms with Crippen LogP contribution in [-0.4, -0.2) is 45.4 Å². The molecule has 3 heterocycles. The standard InChI is InChI=1S/C18H19F2N5S2/c1-2-15-22-18(27-23-15)25-8-6-24(7-9-25)10-16-21-14(11-26-16)17-12(19)4-3-5-13(17)20/h3-5,11H,2,6-10H2,1H3. The van der Waals surface area contributed by atoms with Crippen molar-refractivity contribution < 1.29 is 8.78 Å². The largest absolute Gasteiger partial charge is 0.344 e. The SMILES string of the molecule is CCc1nsc(N2CCN(Cc3nc(-c4c(F)cccc4F)cs3)CC2)n1. The van der Waals surface area contributed by atoms with E-state index >= 15 is 0 Å². The summed E-state index contributed by atoms with van der Waals surface area (Å²) >= 11 is 2.89.